The van der Waals surface area contributed by atoms with E-state index in [0.29, 0.717) is 30.1 Å². The molecular weight excluding hydrogens is 382 g/mol. The third-order valence-electron chi connectivity index (χ3n) is 5.99. The molecule has 2 aliphatic rings. The Labute approximate surface area is 175 Å². The summed E-state index contributed by atoms with van der Waals surface area (Å²) in [5.41, 5.74) is 1.66. The van der Waals surface area contributed by atoms with Gasteiger partial charge in [0.15, 0.2) is 5.72 Å². The molecule has 8 heteroatoms. The number of aromatic nitrogens is 2. The third-order valence-corrected chi connectivity index (χ3v) is 5.99. The van der Waals surface area contributed by atoms with E-state index in [1.54, 1.807) is 50.5 Å². The maximum atomic E-state index is 12.9. The van der Waals surface area contributed by atoms with Crippen molar-refractivity contribution in [3.05, 3.63) is 54.1 Å². The Morgan fingerprint density at radius 1 is 1.27 bits per heavy atom. The fraction of sp³-hybridized carbons (Fsp3) is 0.364. The van der Waals surface area contributed by atoms with Crippen LogP contribution in [0.4, 0.5) is 5.82 Å². The Morgan fingerprint density at radius 2 is 2.03 bits per heavy atom. The van der Waals surface area contributed by atoms with Gasteiger partial charge in [0.1, 0.15) is 17.6 Å². The zero-order chi connectivity index (χ0) is 21.5. The second-order valence-corrected chi connectivity index (χ2v) is 7.85. The van der Waals surface area contributed by atoms with Gasteiger partial charge in [0.2, 0.25) is 5.91 Å². The number of likely N-dealkylation sites (N-methyl/N-ethyl adjacent to an activating group) is 1. The summed E-state index contributed by atoms with van der Waals surface area (Å²) in [6, 6.07) is 6.83. The standard InChI is InChI=1S/C22H25N5O3/c1-14(27-11-5-7-17-19(27)21(29)26(3)22(17,2)30)20(28)25-18-9-8-16(13-24-18)15-6-4-10-23-12-15/h4,6,8-10,12-14,30H,5,7,11H2,1-3H3,(H,24,25,28). The van der Waals surface area contributed by atoms with Crippen LogP contribution in [-0.4, -0.2) is 62.0 Å². The van der Waals surface area contributed by atoms with Gasteiger partial charge < -0.3 is 20.2 Å². The van der Waals surface area contributed by atoms with E-state index in [4.69, 9.17) is 0 Å². The number of aliphatic hydroxyl groups is 1. The lowest BCUT2D eigenvalue weighted by molar-refractivity contribution is -0.138. The number of pyridine rings is 2. The molecule has 2 atom stereocenters. The van der Waals surface area contributed by atoms with Gasteiger partial charge in [-0.1, -0.05) is 6.07 Å². The first-order chi connectivity index (χ1) is 14.3. The molecule has 0 radical (unpaired) electrons. The smallest absolute Gasteiger partial charge is 0.272 e. The van der Waals surface area contributed by atoms with Gasteiger partial charge in [0.25, 0.3) is 5.91 Å². The fourth-order valence-corrected chi connectivity index (χ4v) is 4.03. The van der Waals surface area contributed by atoms with Crippen molar-refractivity contribution >= 4 is 17.6 Å². The number of nitrogens with zero attached hydrogens (tertiary/aromatic N) is 4. The molecule has 0 spiro atoms. The topological polar surface area (TPSA) is 98.7 Å². The lowest BCUT2D eigenvalue weighted by Crippen LogP contribution is -2.45. The summed E-state index contributed by atoms with van der Waals surface area (Å²) in [5, 5.41) is 13.6. The average molecular weight is 407 g/mol. The summed E-state index contributed by atoms with van der Waals surface area (Å²) in [6.45, 7) is 3.96. The highest BCUT2D eigenvalue weighted by Gasteiger charge is 2.49. The first-order valence-corrected chi connectivity index (χ1v) is 9.99. The van der Waals surface area contributed by atoms with Crippen molar-refractivity contribution in [3.63, 3.8) is 0 Å². The molecular formula is C22H25N5O3. The Bertz CT molecular complexity index is 1000. The molecule has 4 heterocycles. The number of amides is 2. The fourth-order valence-electron chi connectivity index (χ4n) is 4.03. The lowest BCUT2D eigenvalue weighted by Gasteiger charge is -2.35. The van der Waals surface area contributed by atoms with Crippen molar-refractivity contribution in [2.75, 3.05) is 18.9 Å². The number of rotatable bonds is 4. The van der Waals surface area contributed by atoms with E-state index in [1.165, 1.54) is 4.90 Å². The second kappa shape index (κ2) is 7.53. The van der Waals surface area contributed by atoms with Crippen molar-refractivity contribution in [1.29, 1.82) is 0 Å². The minimum Gasteiger partial charge on any atom is -0.367 e. The van der Waals surface area contributed by atoms with E-state index in [-0.39, 0.29) is 11.8 Å². The normalized spacial score (nSPS) is 22.2. The van der Waals surface area contributed by atoms with Crippen molar-refractivity contribution in [2.24, 2.45) is 0 Å². The molecule has 2 N–H and O–H groups in total. The number of carbonyl (C=O) groups excluding carboxylic acids is 2. The maximum Gasteiger partial charge on any atom is 0.272 e. The summed E-state index contributed by atoms with van der Waals surface area (Å²) in [7, 11) is 1.58. The van der Waals surface area contributed by atoms with Gasteiger partial charge in [-0.15, -0.1) is 0 Å². The Hall–Kier alpha value is -3.26. The number of hydrogen-bond donors (Lipinski definition) is 2. The van der Waals surface area contributed by atoms with Crippen LogP contribution in [0.2, 0.25) is 0 Å². The zero-order valence-corrected chi connectivity index (χ0v) is 17.3. The van der Waals surface area contributed by atoms with Gasteiger partial charge in [-0.3, -0.25) is 14.6 Å². The highest BCUT2D eigenvalue weighted by atomic mass is 16.3. The SMILES string of the molecule is CC(C(=O)Nc1ccc(-c2cccnc2)cn1)N1CCCC2=C1C(=O)N(C)C2(C)O. The van der Waals surface area contributed by atoms with Gasteiger partial charge in [-0.25, -0.2) is 4.98 Å². The van der Waals surface area contributed by atoms with Gasteiger partial charge >= 0.3 is 0 Å². The molecule has 2 aromatic heterocycles. The third kappa shape index (κ3) is 3.33. The molecule has 0 aliphatic carbocycles. The monoisotopic (exact) mass is 407 g/mol. The van der Waals surface area contributed by atoms with Crippen LogP contribution in [0.5, 0.6) is 0 Å². The summed E-state index contributed by atoms with van der Waals surface area (Å²) in [5.74, 6) is -0.0757. The summed E-state index contributed by atoms with van der Waals surface area (Å²) in [6.07, 6.45) is 6.56. The molecule has 8 nitrogen and oxygen atoms in total. The molecule has 0 aromatic carbocycles. The quantitative estimate of drug-likeness (QED) is 0.804. The van der Waals surface area contributed by atoms with Crippen LogP contribution < -0.4 is 5.32 Å². The molecule has 2 unspecified atom stereocenters. The van der Waals surface area contributed by atoms with Crippen molar-refractivity contribution < 1.29 is 14.7 Å². The van der Waals surface area contributed by atoms with E-state index in [9.17, 15) is 14.7 Å². The summed E-state index contributed by atoms with van der Waals surface area (Å²) < 4.78 is 0. The largest absolute Gasteiger partial charge is 0.367 e. The van der Waals surface area contributed by atoms with Crippen molar-refractivity contribution in [3.8, 4) is 11.1 Å². The van der Waals surface area contributed by atoms with Crippen molar-refractivity contribution in [1.82, 2.24) is 19.8 Å². The molecule has 2 aromatic rings. The van der Waals surface area contributed by atoms with E-state index in [1.807, 2.05) is 18.2 Å². The Morgan fingerprint density at radius 3 is 2.70 bits per heavy atom. The zero-order valence-electron chi connectivity index (χ0n) is 17.3. The molecule has 156 valence electrons. The van der Waals surface area contributed by atoms with Gasteiger partial charge in [0.05, 0.1) is 0 Å². The van der Waals surface area contributed by atoms with Crippen LogP contribution in [0.15, 0.2) is 54.1 Å². The first kappa shape index (κ1) is 20.0. The average Bonchev–Trinajstić information content (AvgIpc) is 2.94. The van der Waals surface area contributed by atoms with Crippen LogP contribution in [0.25, 0.3) is 11.1 Å². The Kier molecular flexibility index (Phi) is 5.03. The van der Waals surface area contributed by atoms with Gasteiger partial charge in [-0.2, -0.15) is 0 Å². The molecule has 2 aliphatic heterocycles. The number of carbonyl (C=O) groups is 2. The van der Waals surface area contributed by atoms with E-state index in [0.717, 1.165) is 17.5 Å². The van der Waals surface area contributed by atoms with Crippen molar-refractivity contribution in [2.45, 2.75) is 38.5 Å². The molecule has 0 saturated carbocycles. The number of anilines is 1. The van der Waals surface area contributed by atoms with Crippen LogP contribution in [0.1, 0.15) is 26.7 Å². The van der Waals surface area contributed by atoms with Gasteiger partial charge in [0, 0.05) is 48.9 Å². The summed E-state index contributed by atoms with van der Waals surface area (Å²) >= 11 is 0. The Balaban J connectivity index is 1.50. The summed E-state index contributed by atoms with van der Waals surface area (Å²) in [4.78, 5) is 37.2. The maximum absolute atomic E-state index is 12.9. The minimum atomic E-state index is -1.31. The first-order valence-electron chi connectivity index (χ1n) is 9.99. The van der Waals surface area contributed by atoms with E-state index in [2.05, 4.69) is 15.3 Å². The molecule has 0 saturated heterocycles. The molecule has 0 fully saturated rings. The van der Waals surface area contributed by atoms with Crippen LogP contribution in [-0.2, 0) is 9.59 Å². The molecule has 30 heavy (non-hydrogen) atoms. The van der Waals surface area contributed by atoms with E-state index >= 15 is 0 Å². The molecule has 4 rings (SSSR count). The van der Waals surface area contributed by atoms with Crippen LogP contribution in [0, 0.1) is 0 Å². The lowest BCUT2D eigenvalue weighted by atomic mass is 9.95. The van der Waals surface area contributed by atoms with Crippen LogP contribution in [0.3, 0.4) is 0 Å². The van der Waals surface area contributed by atoms with Gasteiger partial charge in [-0.05, 0) is 44.9 Å². The molecule has 2 amide bonds. The number of hydrogen-bond acceptors (Lipinski definition) is 6. The minimum absolute atomic E-state index is 0.256. The highest BCUT2D eigenvalue weighted by molar-refractivity contribution is 6.00. The highest BCUT2D eigenvalue weighted by Crippen LogP contribution is 2.40. The van der Waals surface area contributed by atoms with E-state index < -0.39 is 11.8 Å². The number of nitrogens with one attached hydrogen (secondary N) is 1. The molecule has 0 bridgehead atoms. The predicted molar refractivity (Wildman–Crippen MR) is 112 cm³/mol. The second-order valence-electron chi connectivity index (χ2n) is 7.85. The van der Waals surface area contributed by atoms with Crippen LogP contribution >= 0.6 is 0 Å². The predicted octanol–water partition coefficient (Wildman–Crippen LogP) is 2.00.